The van der Waals surface area contributed by atoms with Crippen LogP contribution < -0.4 is 20.2 Å². The molecule has 0 saturated carbocycles. The molecule has 0 aromatic heterocycles. The molecule has 8 heteroatoms. The predicted molar refractivity (Wildman–Crippen MR) is 141 cm³/mol. The molecule has 0 aliphatic rings. The summed E-state index contributed by atoms with van der Waals surface area (Å²) < 4.78 is 13.0. The van der Waals surface area contributed by atoms with Crippen LogP contribution in [-0.2, 0) is 4.79 Å². The fourth-order valence-corrected chi connectivity index (χ4v) is 4.09. The lowest BCUT2D eigenvalue weighted by Crippen LogP contribution is -2.21. The van der Waals surface area contributed by atoms with Gasteiger partial charge >= 0.3 is 0 Å². The van der Waals surface area contributed by atoms with Gasteiger partial charge in [-0.15, -0.1) is 0 Å². The van der Waals surface area contributed by atoms with Crippen molar-refractivity contribution in [3.05, 3.63) is 80.2 Å². The second-order valence-corrected chi connectivity index (χ2v) is 8.96. The molecule has 0 saturated heterocycles. The van der Waals surface area contributed by atoms with Crippen molar-refractivity contribution in [3.8, 4) is 11.5 Å². The molecule has 1 amide bonds. The quantitative estimate of drug-likeness (QED) is 0.220. The van der Waals surface area contributed by atoms with Crippen LogP contribution in [0.15, 0.2) is 68.6 Å². The Morgan fingerprint density at radius 1 is 1.00 bits per heavy atom. The van der Waals surface area contributed by atoms with Crippen LogP contribution in [0.3, 0.4) is 0 Å². The number of aryl methyl sites for hydroxylation is 2. The van der Waals surface area contributed by atoms with Gasteiger partial charge in [-0.25, -0.2) is 0 Å². The number of amides is 1. The van der Waals surface area contributed by atoms with Crippen LogP contribution in [0.4, 0.5) is 11.4 Å². The van der Waals surface area contributed by atoms with Crippen LogP contribution in [0.5, 0.6) is 11.5 Å². The Hall–Kier alpha value is -2.84. The lowest BCUT2D eigenvalue weighted by Gasteiger charge is -2.15. The largest absolute Gasteiger partial charge is 0.490 e. The number of benzene rings is 3. The molecule has 0 heterocycles. The van der Waals surface area contributed by atoms with Crippen molar-refractivity contribution in [2.24, 2.45) is 5.10 Å². The van der Waals surface area contributed by atoms with Crippen molar-refractivity contribution >= 4 is 55.4 Å². The number of nitrogens with zero attached hydrogens (tertiary/aromatic N) is 1. The normalized spacial score (nSPS) is 10.8. The van der Waals surface area contributed by atoms with Crippen LogP contribution in [0, 0.1) is 13.8 Å². The number of anilines is 2. The average molecular weight is 575 g/mol. The zero-order chi connectivity index (χ0) is 23.8. The Morgan fingerprint density at radius 3 is 2.45 bits per heavy atom. The zero-order valence-electron chi connectivity index (χ0n) is 18.6. The van der Waals surface area contributed by atoms with E-state index < -0.39 is 0 Å². The molecule has 0 fully saturated rings. The van der Waals surface area contributed by atoms with Crippen molar-refractivity contribution in [1.82, 2.24) is 0 Å². The highest BCUT2D eigenvalue weighted by Gasteiger charge is 2.15. The van der Waals surface area contributed by atoms with E-state index in [2.05, 4.69) is 47.7 Å². The highest BCUT2D eigenvalue weighted by atomic mass is 79.9. The average Bonchev–Trinajstić information content (AvgIpc) is 2.78. The van der Waals surface area contributed by atoms with Gasteiger partial charge in [0, 0.05) is 4.47 Å². The highest BCUT2D eigenvalue weighted by Crippen LogP contribution is 2.36. The zero-order valence-corrected chi connectivity index (χ0v) is 21.8. The van der Waals surface area contributed by atoms with Gasteiger partial charge in [-0.3, -0.25) is 10.2 Å². The smallest absolute Gasteiger partial charge is 0.262 e. The van der Waals surface area contributed by atoms with Crippen LogP contribution in [0.2, 0.25) is 0 Å². The molecule has 33 heavy (non-hydrogen) atoms. The first kappa shape index (κ1) is 24.8. The Morgan fingerprint density at radius 2 is 1.73 bits per heavy atom. The van der Waals surface area contributed by atoms with E-state index in [1.165, 1.54) is 0 Å². The van der Waals surface area contributed by atoms with Crippen molar-refractivity contribution in [2.75, 3.05) is 24.0 Å². The summed E-state index contributed by atoms with van der Waals surface area (Å²) >= 11 is 7.02. The first-order chi connectivity index (χ1) is 15.9. The Balaban J connectivity index is 1.69. The number of ether oxygens (including phenoxy) is 2. The molecular weight excluding hydrogens is 550 g/mol. The van der Waals surface area contributed by atoms with E-state index in [1.54, 1.807) is 6.21 Å². The minimum atomic E-state index is -0.272. The number of carbonyl (C=O) groups excluding carboxylic acids is 1. The third-order valence-electron chi connectivity index (χ3n) is 4.72. The third kappa shape index (κ3) is 7.07. The maximum atomic E-state index is 12.5. The standard InChI is InChI=1S/C25H25Br2N3O3/c1-4-32-23-13-18(14-28-30-19-8-6-5-7-9-19)12-21(27)25(23)33-15-24(31)29-22-11-17(3)16(2)10-20(22)26/h5-14,30H,4,15H2,1-3H3,(H,29,31)/b28-14+. The van der Waals surface area contributed by atoms with Gasteiger partial charge in [0.25, 0.3) is 5.91 Å². The van der Waals surface area contributed by atoms with E-state index in [9.17, 15) is 4.79 Å². The number of nitrogens with one attached hydrogen (secondary N) is 2. The van der Waals surface area contributed by atoms with Gasteiger partial charge in [-0.05, 0) is 106 Å². The lowest BCUT2D eigenvalue weighted by atomic mass is 10.1. The van der Waals surface area contributed by atoms with Crippen LogP contribution in [0.1, 0.15) is 23.6 Å². The molecule has 3 aromatic carbocycles. The van der Waals surface area contributed by atoms with E-state index in [4.69, 9.17) is 9.47 Å². The number of carbonyl (C=O) groups is 1. The molecule has 0 atom stereocenters. The summed E-state index contributed by atoms with van der Waals surface area (Å²) in [7, 11) is 0. The van der Waals surface area contributed by atoms with E-state index in [0.29, 0.717) is 28.3 Å². The van der Waals surface area contributed by atoms with E-state index in [0.717, 1.165) is 26.9 Å². The number of hydrazone groups is 1. The van der Waals surface area contributed by atoms with Crippen molar-refractivity contribution in [1.29, 1.82) is 0 Å². The van der Waals surface area contributed by atoms with Gasteiger partial charge in [0.1, 0.15) is 0 Å². The van der Waals surface area contributed by atoms with Crippen LogP contribution >= 0.6 is 31.9 Å². The van der Waals surface area contributed by atoms with Gasteiger partial charge in [-0.1, -0.05) is 18.2 Å². The molecule has 0 spiro atoms. The first-order valence-electron chi connectivity index (χ1n) is 10.4. The second-order valence-electron chi connectivity index (χ2n) is 7.25. The summed E-state index contributed by atoms with van der Waals surface area (Å²) in [5.74, 6) is 0.707. The van der Waals surface area contributed by atoms with Crippen molar-refractivity contribution in [3.63, 3.8) is 0 Å². The summed E-state index contributed by atoms with van der Waals surface area (Å²) in [5.41, 5.74) is 7.61. The molecule has 0 radical (unpaired) electrons. The minimum absolute atomic E-state index is 0.166. The second kappa shape index (κ2) is 11.9. The number of hydrogen-bond acceptors (Lipinski definition) is 5. The first-order valence-corrected chi connectivity index (χ1v) is 12.0. The summed E-state index contributed by atoms with van der Waals surface area (Å²) in [6.07, 6.45) is 1.69. The maximum absolute atomic E-state index is 12.5. The third-order valence-corrected chi connectivity index (χ3v) is 5.96. The predicted octanol–water partition coefficient (Wildman–Crippen LogP) is 6.69. The molecule has 6 nitrogen and oxygen atoms in total. The van der Waals surface area contributed by atoms with Crippen molar-refractivity contribution in [2.45, 2.75) is 20.8 Å². The van der Waals surface area contributed by atoms with Gasteiger partial charge in [-0.2, -0.15) is 5.10 Å². The SMILES string of the molecule is CCOc1cc(/C=N/Nc2ccccc2)cc(Br)c1OCC(=O)Nc1cc(C)c(C)cc1Br. The molecule has 3 aromatic rings. The number of hydrogen-bond donors (Lipinski definition) is 2. The molecule has 2 N–H and O–H groups in total. The molecule has 0 unspecified atom stereocenters. The minimum Gasteiger partial charge on any atom is -0.490 e. The van der Waals surface area contributed by atoms with Gasteiger partial charge in [0.15, 0.2) is 18.1 Å². The summed E-state index contributed by atoms with van der Waals surface area (Å²) in [6, 6.07) is 17.2. The summed E-state index contributed by atoms with van der Waals surface area (Å²) in [4.78, 5) is 12.5. The van der Waals surface area contributed by atoms with E-state index in [1.807, 2.05) is 75.4 Å². The number of para-hydroxylation sites is 1. The molecular formula is C25H25Br2N3O3. The van der Waals surface area contributed by atoms with Gasteiger partial charge < -0.3 is 14.8 Å². The summed E-state index contributed by atoms with van der Waals surface area (Å²) in [6.45, 7) is 6.20. The topological polar surface area (TPSA) is 71.9 Å². The fraction of sp³-hybridized carbons (Fsp3) is 0.200. The van der Waals surface area contributed by atoms with E-state index >= 15 is 0 Å². The molecule has 172 valence electrons. The lowest BCUT2D eigenvalue weighted by molar-refractivity contribution is -0.118. The molecule has 3 rings (SSSR count). The monoisotopic (exact) mass is 573 g/mol. The molecule has 0 bridgehead atoms. The number of rotatable bonds is 9. The summed E-state index contributed by atoms with van der Waals surface area (Å²) in [5, 5.41) is 7.14. The van der Waals surface area contributed by atoms with Crippen LogP contribution in [0.25, 0.3) is 0 Å². The Kier molecular flexibility index (Phi) is 8.91. The van der Waals surface area contributed by atoms with Gasteiger partial charge in [0.05, 0.1) is 28.7 Å². The fourth-order valence-electron chi connectivity index (χ4n) is 2.96. The maximum Gasteiger partial charge on any atom is 0.262 e. The Bertz CT molecular complexity index is 1150. The van der Waals surface area contributed by atoms with E-state index in [-0.39, 0.29) is 12.5 Å². The molecule has 0 aliphatic carbocycles. The molecule has 0 aliphatic heterocycles. The highest BCUT2D eigenvalue weighted by molar-refractivity contribution is 9.11. The number of halogens is 2. The van der Waals surface area contributed by atoms with Crippen molar-refractivity contribution < 1.29 is 14.3 Å². The van der Waals surface area contributed by atoms with Crippen LogP contribution in [-0.4, -0.2) is 25.3 Å². The Labute approximate surface area is 210 Å². The van der Waals surface area contributed by atoms with Gasteiger partial charge in [0.2, 0.25) is 0 Å².